The molecule has 5 amide bonds. The quantitative estimate of drug-likeness (QED) is 0.389. The van der Waals surface area contributed by atoms with Crippen LogP contribution in [0.2, 0.25) is 0 Å². The number of carboxylic acids is 1. The summed E-state index contributed by atoms with van der Waals surface area (Å²) in [6, 6.07) is 4.67. The Morgan fingerprint density at radius 1 is 1.17 bits per heavy atom. The zero-order chi connectivity index (χ0) is 30.8. The third kappa shape index (κ3) is 6.59. The second-order valence-electron chi connectivity index (χ2n) is 11.3. The topological polar surface area (TPSA) is 169 Å². The number of urea groups is 1. The minimum absolute atomic E-state index is 0.0122. The summed E-state index contributed by atoms with van der Waals surface area (Å²) in [5, 5.41) is 15.1. The fraction of sp³-hybridized carbons (Fsp3) is 0.464. The van der Waals surface area contributed by atoms with E-state index < -0.39 is 48.2 Å². The molecule has 3 heterocycles. The van der Waals surface area contributed by atoms with E-state index in [9.17, 15) is 28.8 Å². The van der Waals surface area contributed by atoms with E-state index in [4.69, 9.17) is 5.11 Å². The summed E-state index contributed by atoms with van der Waals surface area (Å²) < 4.78 is 0. The van der Waals surface area contributed by atoms with Crippen molar-refractivity contribution in [2.75, 3.05) is 13.1 Å². The van der Waals surface area contributed by atoms with Crippen molar-refractivity contribution in [1.29, 1.82) is 0 Å². The van der Waals surface area contributed by atoms with Crippen LogP contribution in [0.25, 0.3) is 10.6 Å². The Bertz CT molecular complexity index is 1400. The van der Waals surface area contributed by atoms with Gasteiger partial charge in [-0.1, -0.05) is 45.0 Å². The first-order valence-corrected chi connectivity index (χ1v) is 14.4. The average molecular weight is 599 g/mol. The van der Waals surface area contributed by atoms with E-state index in [0.717, 1.165) is 21.1 Å². The summed E-state index contributed by atoms with van der Waals surface area (Å²) in [4.78, 5) is 80.2. The van der Waals surface area contributed by atoms with Gasteiger partial charge in [0.05, 0.1) is 24.7 Å². The van der Waals surface area contributed by atoms with Crippen LogP contribution in [0.5, 0.6) is 0 Å². The van der Waals surface area contributed by atoms with Gasteiger partial charge in [-0.05, 0) is 30.7 Å². The number of aromatic nitrogens is 1. The van der Waals surface area contributed by atoms with Gasteiger partial charge in [0.25, 0.3) is 5.91 Å². The molecule has 2 fully saturated rings. The number of hydrogen-bond donors (Lipinski definition) is 3. The van der Waals surface area contributed by atoms with E-state index >= 15 is 0 Å². The lowest BCUT2D eigenvalue weighted by molar-refractivity contribution is -0.155. The fourth-order valence-electron chi connectivity index (χ4n) is 4.83. The second kappa shape index (κ2) is 12.3. The maximum atomic E-state index is 13.7. The van der Waals surface area contributed by atoms with Crippen molar-refractivity contribution in [1.82, 2.24) is 30.8 Å². The van der Waals surface area contributed by atoms with Crippen molar-refractivity contribution in [3.05, 3.63) is 40.4 Å². The molecule has 4 rings (SSSR count). The number of hydrazine groups is 2. The number of aliphatic carboxylic acids is 1. The molecule has 224 valence electrons. The second-order valence-corrected chi connectivity index (χ2v) is 12.3. The number of fused-ring (bicyclic) bond motifs is 1. The summed E-state index contributed by atoms with van der Waals surface area (Å²) in [7, 11) is 0. The van der Waals surface area contributed by atoms with Gasteiger partial charge >= 0.3 is 12.0 Å². The van der Waals surface area contributed by atoms with Gasteiger partial charge in [0.1, 0.15) is 22.2 Å². The summed E-state index contributed by atoms with van der Waals surface area (Å²) in [6.07, 6.45) is 0.161. The number of nitrogens with zero attached hydrogens (tertiary/aromatic N) is 4. The third-order valence-corrected chi connectivity index (χ3v) is 8.30. The number of aryl methyl sites for hydroxylation is 1. The third-order valence-electron chi connectivity index (χ3n) is 7.09. The number of nitrogens with one attached hydrogen (secondary N) is 2. The Balaban J connectivity index is 1.53. The fourth-order valence-corrected chi connectivity index (χ4v) is 5.79. The Morgan fingerprint density at radius 3 is 2.48 bits per heavy atom. The molecule has 1 aromatic carbocycles. The molecule has 1 aromatic heterocycles. The predicted molar refractivity (Wildman–Crippen MR) is 152 cm³/mol. The minimum atomic E-state index is -1.30. The Morgan fingerprint density at radius 2 is 1.86 bits per heavy atom. The van der Waals surface area contributed by atoms with Crippen molar-refractivity contribution >= 4 is 47.3 Å². The number of hydrogen-bond acceptors (Lipinski definition) is 8. The van der Waals surface area contributed by atoms with Crippen LogP contribution in [0.1, 0.15) is 67.4 Å². The molecule has 3 N–H and O–H groups in total. The van der Waals surface area contributed by atoms with E-state index in [1.165, 1.54) is 16.3 Å². The number of carbonyl (C=O) groups excluding carboxylic acids is 5. The smallest absolute Gasteiger partial charge is 0.358 e. The lowest BCUT2D eigenvalue weighted by Gasteiger charge is -2.42. The molecule has 14 heteroatoms. The lowest BCUT2D eigenvalue weighted by Crippen LogP contribution is -2.64. The predicted octanol–water partition coefficient (Wildman–Crippen LogP) is 2.25. The van der Waals surface area contributed by atoms with Crippen LogP contribution >= 0.6 is 11.3 Å². The molecule has 42 heavy (non-hydrogen) atoms. The largest absolute Gasteiger partial charge is 0.481 e. The van der Waals surface area contributed by atoms with E-state index in [-0.39, 0.29) is 31.3 Å². The first-order chi connectivity index (χ1) is 19.8. The number of rotatable bonds is 8. The van der Waals surface area contributed by atoms with Crippen LogP contribution < -0.4 is 10.7 Å². The van der Waals surface area contributed by atoms with E-state index in [1.807, 2.05) is 24.3 Å². The zero-order valence-electron chi connectivity index (χ0n) is 23.9. The highest BCUT2D eigenvalue weighted by atomic mass is 32.1. The van der Waals surface area contributed by atoms with Crippen molar-refractivity contribution < 1.29 is 33.9 Å². The molecule has 2 saturated heterocycles. The van der Waals surface area contributed by atoms with Crippen molar-refractivity contribution in [3.8, 4) is 10.6 Å². The first kappa shape index (κ1) is 30.6. The first-order valence-electron chi connectivity index (χ1n) is 13.6. The van der Waals surface area contributed by atoms with E-state index in [0.29, 0.717) is 28.3 Å². The monoisotopic (exact) mass is 598 g/mol. The van der Waals surface area contributed by atoms with Crippen molar-refractivity contribution in [2.45, 2.75) is 70.9 Å². The molecular weight excluding hydrogens is 564 g/mol. The molecule has 2 aliphatic rings. The summed E-state index contributed by atoms with van der Waals surface area (Å²) in [5.74, 6) is -3.05. The van der Waals surface area contributed by atoms with Crippen molar-refractivity contribution in [2.24, 2.45) is 0 Å². The van der Waals surface area contributed by atoms with Crippen LogP contribution in [0.15, 0.2) is 24.3 Å². The molecule has 0 aliphatic carbocycles. The van der Waals surface area contributed by atoms with Gasteiger partial charge in [0.15, 0.2) is 0 Å². The van der Waals surface area contributed by atoms with Gasteiger partial charge in [-0.2, -0.15) is 0 Å². The summed E-state index contributed by atoms with van der Waals surface area (Å²) >= 11 is 1.17. The van der Waals surface area contributed by atoms with Gasteiger partial charge in [-0.15, -0.1) is 11.3 Å². The van der Waals surface area contributed by atoms with Crippen molar-refractivity contribution in [3.63, 3.8) is 0 Å². The molecule has 2 unspecified atom stereocenters. The summed E-state index contributed by atoms with van der Waals surface area (Å²) in [5.41, 5.74) is 5.05. The molecule has 0 bridgehead atoms. The highest BCUT2D eigenvalue weighted by Crippen LogP contribution is 2.31. The number of aldehydes is 1. The minimum Gasteiger partial charge on any atom is -0.481 e. The molecule has 2 atom stereocenters. The SMILES string of the molecule is Cc1nc(-c2ccc(C(C)(C)C)cc2)sc1C(=O)NN1CCC(=O)N2CCCC(C(=O)NC(C=O)CC(=O)O)N2C1=O. The highest BCUT2D eigenvalue weighted by molar-refractivity contribution is 7.17. The van der Waals surface area contributed by atoms with Crippen LogP contribution in [0.4, 0.5) is 4.79 Å². The van der Waals surface area contributed by atoms with Gasteiger partial charge in [0.2, 0.25) is 11.8 Å². The Hall–Kier alpha value is -4.33. The maximum absolute atomic E-state index is 13.7. The average Bonchev–Trinajstić information content (AvgIpc) is 3.29. The molecule has 2 aromatic rings. The Labute approximate surface area is 246 Å². The van der Waals surface area contributed by atoms with Gasteiger partial charge in [0, 0.05) is 18.5 Å². The number of carbonyl (C=O) groups is 6. The number of amides is 5. The molecule has 0 saturated carbocycles. The van der Waals surface area contributed by atoms with Crippen LogP contribution in [-0.4, -0.2) is 86.3 Å². The number of thiazole rings is 1. The highest BCUT2D eigenvalue weighted by Gasteiger charge is 2.44. The molecule has 0 radical (unpaired) electrons. The number of carboxylic acid groups (broad SMARTS) is 1. The van der Waals surface area contributed by atoms with E-state index in [2.05, 4.69) is 36.5 Å². The van der Waals surface area contributed by atoms with Gasteiger partial charge in [-0.3, -0.25) is 24.6 Å². The number of benzene rings is 1. The van der Waals surface area contributed by atoms with E-state index in [1.54, 1.807) is 6.92 Å². The Kier molecular flexibility index (Phi) is 8.95. The lowest BCUT2D eigenvalue weighted by atomic mass is 9.87. The molecule has 0 spiro atoms. The normalized spacial score (nSPS) is 18.2. The molecule has 2 aliphatic heterocycles. The van der Waals surface area contributed by atoms with Gasteiger partial charge < -0.3 is 15.2 Å². The van der Waals surface area contributed by atoms with Crippen LogP contribution in [-0.2, 0) is 24.6 Å². The molecule has 13 nitrogen and oxygen atoms in total. The maximum Gasteiger partial charge on any atom is 0.358 e. The zero-order valence-corrected chi connectivity index (χ0v) is 24.7. The summed E-state index contributed by atoms with van der Waals surface area (Å²) in [6.45, 7) is 8.12. The van der Waals surface area contributed by atoms with Gasteiger partial charge in [-0.25, -0.2) is 24.8 Å². The van der Waals surface area contributed by atoms with Crippen LogP contribution in [0, 0.1) is 6.92 Å². The molecular formula is C28H34N6O7S. The van der Waals surface area contributed by atoms with Crippen LogP contribution in [0.3, 0.4) is 0 Å². The standard InChI is InChI=1S/C28H34N6O7S/c1-16-23(42-26(29-16)17-7-9-18(10-8-17)28(2,3)4)25(40)31-32-13-11-21(36)33-12-5-6-20(34(33)27(32)41)24(39)30-19(15-35)14-22(37)38/h7-10,15,19-20H,5-6,11-14H2,1-4H3,(H,30,39)(H,31,40)(H,37,38).